The minimum absolute atomic E-state index is 0.146. The van der Waals surface area contributed by atoms with E-state index in [0.717, 1.165) is 31.7 Å². The molecule has 0 aliphatic heterocycles. The van der Waals surface area contributed by atoms with Crippen LogP contribution in [0.1, 0.15) is 42.5 Å². The number of amides is 1. The van der Waals surface area contributed by atoms with E-state index in [1.54, 1.807) is 0 Å². The van der Waals surface area contributed by atoms with Gasteiger partial charge in [-0.25, -0.2) is 9.18 Å². The highest BCUT2D eigenvalue weighted by molar-refractivity contribution is 6.30. The van der Waals surface area contributed by atoms with Crippen LogP contribution in [0.3, 0.4) is 0 Å². The number of hydrogen-bond donors (Lipinski definition) is 1. The molecule has 0 atom stereocenters. The fourth-order valence-electron chi connectivity index (χ4n) is 2.38. The highest BCUT2D eigenvalue weighted by Gasteiger charge is 2.18. The van der Waals surface area contributed by atoms with Gasteiger partial charge in [-0.3, -0.25) is 4.79 Å². The number of carbonyl (C=O) groups excluding carboxylic acids is 2. The Bertz CT molecular complexity index is 530. The molecule has 21 heavy (non-hydrogen) atoms. The van der Waals surface area contributed by atoms with Crippen LogP contribution in [0.4, 0.5) is 4.39 Å². The third-order valence-electron chi connectivity index (χ3n) is 3.45. The molecule has 1 N–H and O–H groups in total. The number of ether oxygens (including phenoxy) is 1. The van der Waals surface area contributed by atoms with E-state index in [1.165, 1.54) is 18.6 Å². The molecule has 0 radical (unpaired) electrons. The van der Waals surface area contributed by atoms with Gasteiger partial charge < -0.3 is 10.1 Å². The summed E-state index contributed by atoms with van der Waals surface area (Å²) in [5, 5.41) is 3.05. The first-order chi connectivity index (χ1) is 10.1. The van der Waals surface area contributed by atoms with Crippen molar-refractivity contribution in [3.8, 4) is 0 Å². The Morgan fingerprint density at radius 3 is 2.71 bits per heavy atom. The van der Waals surface area contributed by atoms with Crippen molar-refractivity contribution in [1.82, 2.24) is 5.32 Å². The molecular formula is C15H17ClFNO3. The Hall–Kier alpha value is -1.62. The van der Waals surface area contributed by atoms with Gasteiger partial charge in [0.05, 0.1) is 5.56 Å². The summed E-state index contributed by atoms with van der Waals surface area (Å²) in [7, 11) is 0. The van der Waals surface area contributed by atoms with Gasteiger partial charge in [0.15, 0.2) is 6.61 Å². The number of rotatable bonds is 4. The van der Waals surface area contributed by atoms with Crippen molar-refractivity contribution < 1.29 is 18.7 Å². The van der Waals surface area contributed by atoms with Crippen molar-refractivity contribution in [3.05, 3.63) is 34.6 Å². The Balaban J connectivity index is 1.82. The zero-order valence-corrected chi connectivity index (χ0v) is 12.3. The fourth-order valence-corrected chi connectivity index (χ4v) is 2.55. The molecule has 1 fully saturated rings. The van der Waals surface area contributed by atoms with Crippen LogP contribution in [-0.4, -0.2) is 24.5 Å². The first kappa shape index (κ1) is 15.8. The van der Waals surface area contributed by atoms with E-state index in [1.807, 2.05) is 0 Å². The molecule has 0 saturated heterocycles. The molecule has 0 aromatic heterocycles. The Morgan fingerprint density at radius 2 is 2.00 bits per heavy atom. The van der Waals surface area contributed by atoms with E-state index in [-0.39, 0.29) is 22.5 Å². The van der Waals surface area contributed by atoms with Gasteiger partial charge in [-0.2, -0.15) is 0 Å². The molecule has 1 saturated carbocycles. The maximum absolute atomic E-state index is 13.5. The summed E-state index contributed by atoms with van der Waals surface area (Å²) < 4.78 is 18.3. The lowest BCUT2D eigenvalue weighted by Crippen LogP contribution is -2.38. The number of nitrogens with one attached hydrogen (secondary N) is 1. The van der Waals surface area contributed by atoms with Gasteiger partial charge >= 0.3 is 5.97 Å². The number of hydrogen-bond acceptors (Lipinski definition) is 3. The summed E-state index contributed by atoms with van der Waals surface area (Å²) in [4.78, 5) is 23.4. The van der Waals surface area contributed by atoms with Gasteiger partial charge in [0.1, 0.15) is 5.82 Å². The molecule has 114 valence electrons. The van der Waals surface area contributed by atoms with Crippen LogP contribution in [0, 0.1) is 5.82 Å². The van der Waals surface area contributed by atoms with E-state index in [0.29, 0.717) is 0 Å². The average molecular weight is 314 g/mol. The Kier molecular flexibility index (Phi) is 5.56. The third-order valence-corrected chi connectivity index (χ3v) is 3.69. The molecule has 1 amide bonds. The minimum Gasteiger partial charge on any atom is -0.452 e. The van der Waals surface area contributed by atoms with Crippen molar-refractivity contribution >= 4 is 23.5 Å². The van der Waals surface area contributed by atoms with Crippen LogP contribution in [-0.2, 0) is 9.53 Å². The van der Waals surface area contributed by atoms with E-state index in [4.69, 9.17) is 16.3 Å². The fraction of sp³-hybridized carbons (Fsp3) is 0.467. The maximum atomic E-state index is 13.5. The molecule has 0 heterocycles. The molecule has 4 nitrogen and oxygen atoms in total. The number of benzene rings is 1. The van der Waals surface area contributed by atoms with Gasteiger partial charge in [-0.1, -0.05) is 30.9 Å². The first-order valence-corrected chi connectivity index (χ1v) is 7.35. The molecule has 1 aromatic carbocycles. The molecule has 1 aromatic rings. The van der Waals surface area contributed by atoms with Crippen molar-refractivity contribution in [3.63, 3.8) is 0 Å². The van der Waals surface area contributed by atoms with Crippen LogP contribution in [0.2, 0.25) is 5.02 Å². The van der Waals surface area contributed by atoms with Crippen molar-refractivity contribution in [1.29, 1.82) is 0 Å². The SMILES string of the molecule is O=C(COC(=O)c1cc(Cl)ccc1F)NC1CCCCC1. The Labute approximate surface area is 127 Å². The lowest BCUT2D eigenvalue weighted by atomic mass is 9.95. The maximum Gasteiger partial charge on any atom is 0.341 e. The largest absolute Gasteiger partial charge is 0.452 e. The summed E-state index contributed by atoms with van der Waals surface area (Å²) in [6.07, 6.45) is 5.28. The average Bonchev–Trinajstić information content (AvgIpc) is 2.48. The topological polar surface area (TPSA) is 55.4 Å². The molecular weight excluding hydrogens is 297 g/mol. The molecule has 1 aliphatic rings. The van der Waals surface area contributed by atoms with E-state index < -0.39 is 18.4 Å². The quantitative estimate of drug-likeness (QED) is 0.869. The Morgan fingerprint density at radius 1 is 1.29 bits per heavy atom. The lowest BCUT2D eigenvalue weighted by Gasteiger charge is -2.22. The second-order valence-corrected chi connectivity index (χ2v) is 5.54. The van der Waals surface area contributed by atoms with Gasteiger partial charge in [-0.05, 0) is 31.0 Å². The lowest BCUT2D eigenvalue weighted by molar-refractivity contribution is -0.125. The second-order valence-electron chi connectivity index (χ2n) is 5.10. The number of esters is 1. The van der Waals surface area contributed by atoms with E-state index >= 15 is 0 Å². The first-order valence-electron chi connectivity index (χ1n) is 6.98. The molecule has 0 unspecified atom stereocenters. The molecule has 1 aliphatic carbocycles. The monoisotopic (exact) mass is 313 g/mol. The molecule has 2 rings (SSSR count). The van der Waals surface area contributed by atoms with Gasteiger partial charge in [0.2, 0.25) is 0 Å². The molecule has 0 spiro atoms. The minimum atomic E-state index is -0.895. The van der Waals surface area contributed by atoms with Crippen molar-refractivity contribution in [2.24, 2.45) is 0 Å². The summed E-state index contributed by atoms with van der Waals surface area (Å²) in [5.41, 5.74) is -0.270. The van der Waals surface area contributed by atoms with Crippen molar-refractivity contribution in [2.75, 3.05) is 6.61 Å². The van der Waals surface area contributed by atoms with Crippen molar-refractivity contribution in [2.45, 2.75) is 38.1 Å². The zero-order valence-electron chi connectivity index (χ0n) is 11.5. The second kappa shape index (κ2) is 7.41. The summed E-state index contributed by atoms with van der Waals surface area (Å²) >= 11 is 5.70. The normalized spacial score (nSPS) is 15.5. The van der Waals surface area contributed by atoms with E-state index in [9.17, 15) is 14.0 Å². The highest BCUT2D eigenvalue weighted by Crippen LogP contribution is 2.17. The zero-order chi connectivity index (χ0) is 15.2. The predicted molar refractivity (Wildman–Crippen MR) is 76.7 cm³/mol. The highest BCUT2D eigenvalue weighted by atomic mass is 35.5. The van der Waals surface area contributed by atoms with Crippen LogP contribution >= 0.6 is 11.6 Å². The van der Waals surface area contributed by atoms with Crippen LogP contribution < -0.4 is 5.32 Å². The summed E-state index contributed by atoms with van der Waals surface area (Å²) in [6.45, 7) is -0.415. The molecule has 6 heteroatoms. The van der Waals surface area contributed by atoms with Gasteiger partial charge in [-0.15, -0.1) is 0 Å². The standard InChI is InChI=1S/C15H17ClFNO3/c16-10-6-7-13(17)12(8-10)15(20)21-9-14(19)18-11-4-2-1-3-5-11/h6-8,11H,1-5,9H2,(H,18,19). The third kappa shape index (κ3) is 4.70. The number of halogens is 2. The van der Waals surface area contributed by atoms with Crippen LogP contribution in [0.5, 0.6) is 0 Å². The number of carbonyl (C=O) groups is 2. The van der Waals surface area contributed by atoms with Gasteiger partial charge in [0, 0.05) is 11.1 Å². The molecule has 0 bridgehead atoms. The van der Waals surface area contributed by atoms with Crippen LogP contribution in [0.25, 0.3) is 0 Å². The van der Waals surface area contributed by atoms with Crippen LogP contribution in [0.15, 0.2) is 18.2 Å². The van der Waals surface area contributed by atoms with Gasteiger partial charge in [0.25, 0.3) is 5.91 Å². The smallest absolute Gasteiger partial charge is 0.341 e. The van der Waals surface area contributed by atoms with E-state index in [2.05, 4.69) is 5.32 Å². The predicted octanol–water partition coefficient (Wildman–Crippen LogP) is 3.08. The summed E-state index contributed by atoms with van der Waals surface area (Å²) in [6, 6.07) is 3.75. The summed E-state index contributed by atoms with van der Waals surface area (Å²) in [5.74, 6) is -1.98.